The first-order valence-corrected chi connectivity index (χ1v) is 13.7. The average molecular weight is 520 g/mol. The molecule has 2 aromatic carbocycles. The molecule has 1 atom stereocenters. The molecule has 0 saturated carbocycles. The minimum atomic E-state index is 0.139. The van der Waals surface area contributed by atoms with Crippen LogP contribution in [0, 0.1) is 5.41 Å². The Morgan fingerprint density at radius 1 is 1.00 bits per heavy atom. The van der Waals surface area contributed by atoms with Gasteiger partial charge in [0, 0.05) is 24.0 Å². The van der Waals surface area contributed by atoms with Gasteiger partial charge >= 0.3 is 0 Å². The third kappa shape index (κ3) is 3.54. The molecule has 0 bridgehead atoms. The zero-order valence-corrected chi connectivity index (χ0v) is 21.0. The van der Waals surface area contributed by atoms with Crippen LogP contribution < -0.4 is 10.6 Å². The molecular formula is C23H20Cl2N4S3. The summed E-state index contributed by atoms with van der Waals surface area (Å²) in [4.78, 5) is 15.0. The third-order valence-corrected chi connectivity index (χ3v) is 10.8. The number of aromatic nitrogens is 2. The number of nitrogens with zero attached hydrogens (tertiary/aromatic N) is 3. The second-order valence-electron chi connectivity index (χ2n) is 8.44. The van der Waals surface area contributed by atoms with E-state index in [1.165, 1.54) is 22.9 Å². The van der Waals surface area contributed by atoms with Crippen molar-refractivity contribution in [2.24, 2.45) is 11.1 Å². The van der Waals surface area contributed by atoms with E-state index < -0.39 is 0 Å². The van der Waals surface area contributed by atoms with E-state index in [9.17, 15) is 0 Å². The Morgan fingerprint density at radius 2 is 1.78 bits per heavy atom. The normalized spacial score (nSPS) is 19.7. The number of anilines is 1. The molecule has 6 rings (SSSR count). The molecule has 1 fully saturated rings. The molecule has 164 valence electrons. The Labute approximate surface area is 208 Å². The van der Waals surface area contributed by atoms with Crippen LogP contribution in [0.25, 0.3) is 9.66 Å². The first-order valence-electron chi connectivity index (χ1n) is 10.5. The number of piperidine rings is 1. The van der Waals surface area contributed by atoms with Gasteiger partial charge in [0.15, 0.2) is 19.1 Å². The second kappa shape index (κ2) is 8.15. The number of halogens is 2. The molecule has 4 aromatic rings. The Morgan fingerprint density at radius 3 is 2.56 bits per heavy atom. The van der Waals surface area contributed by atoms with Crippen LogP contribution in [0.3, 0.4) is 0 Å². The van der Waals surface area contributed by atoms with Gasteiger partial charge < -0.3 is 10.6 Å². The van der Waals surface area contributed by atoms with Gasteiger partial charge in [-0.2, -0.15) is 0 Å². The van der Waals surface area contributed by atoms with Crippen LogP contribution in [0.5, 0.6) is 0 Å². The molecule has 2 aliphatic rings. The van der Waals surface area contributed by atoms with E-state index in [1.54, 1.807) is 28.7 Å². The second-order valence-corrected chi connectivity index (χ2v) is 12.5. The summed E-state index contributed by atoms with van der Waals surface area (Å²) in [7, 11) is 0. The summed E-state index contributed by atoms with van der Waals surface area (Å²) in [6, 6.07) is 14.5. The molecule has 0 amide bonds. The van der Waals surface area contributed by atoms with Gasteiger partial charge in [0.25, 0.3) is 0 Å². The summed E-state index contributed by atoms with van der Waals surface area (Å²) in [5.41, 5.74) is 9.68. The van der Waals surface area contributed by atoms with Crippen molar-refractivity contribution in [3.63, 3.8) is 0 Å². The molecule has 4 nitrogen and oxygen atoms in total. The minimum Gasteiger partial charge on any atom is -0.348 e. The lowest BCUT2D eigenvalue weighted by molar-refractivity contribution is 0.187. The van der Waals surface area contributed by atoms with E-state index in [4.69, 9.17) is 38.9 Å². The fourth-order valence-corrected chi connectivity index (χ4v) is 8.60. The topological polar surface area (TPSA) is 55.0 Å². The molecule has 9 heteroatoms. The highest BCUT2D eigenvalue weighted by molar-refractivity contribution is 8.01. The van der Waals surface area contributed by atoms with Crippen molar-refractivity contribution in [1.29, 1.82) is 0 Å². The minimum absolute atomic E-state index is 0.139. The third-order valence-electron chi connectivity index (χ3n) is 6.68. The number of nitrogens with two attached hydrogens (primary N) is 1. The highest BCUT2D eigenvalue weighted by Gasteiger charge is 2.46. The predicted molar refractivity (Wildman–Crippen MR) is 137 cm³/mol. The van der Waals surface area contributed by atoms with Crippen molar-refractivity contribution in [3.8, 4) is 0 Å². The summed E-state index contributed by atoms with van der Waals surface area (Å²) in [5, 5.41) is 2.19. The van der Waals surface area contributed by atoms with E-state index >= 15 is 0 Å². The number of hydrogen-bond donors (Lipinski definition) is 1. The number of thiazole rings is 2. The monoisotopic (exact) mass is 518 g/mol. The van der Waals surface area contributed by atoms with Gasteiger partial charge in [-0.25, -0.2) is 9.97 Å². The van der Waals surface area contributed by atoms with E-state index in [2.05, 4.69) is 29.2 Å². The van der Waals surface area contributed by atoms with Gasteiger partial charge in [-0.15, -0.1) is 0 Å². The smallest absolute Gasteiger partial charge is 0.188 e. The van der Waals surface area contributed by atoms with E-state index in [-0.39, 0.29) is 11.5 Å². The van der Waals surface area contributed by atoms with Crippen molar-refractivity contribution >= 4 is 72.4 Å². The molecule has 1 aliphatic carbocycles. The van der Waals surface area contributed by atoms with Gasteiger partial charge in [0.2, 0.25) is 0 Å². The average Bonchev–Trinajstić information content (AvgIpc) is 3.43. The lowest BCUT2D eigenvalue weighted by Crippen LogP contribution is -2.44. The van der Waals surface area contributed by atoms with E-state index in [0.29, 0.717) is 10.0 Å². The van der Waals surface area contributed by atoms with E-state index in [0.717, 1.165) is 56.4 Å². The maximum atomic E-state index is 6.72. The summed E-state index contributed by atoms with van der Waals surface area (Å²) < 4.78 is 0.932. The molecule has 1 saturated heterocycles. The fourth-order valence-electron chi connectivity index (χ4n) is 4.90. The molecular weight excluding hydrogens is 499 g/mol. The summed E-state index contributed by atoms with van der Waals surface area (Å²) in [6.45, 7) is 1.98. The van der Waals surface area contributed by atoms with Crippen LogP contribution >= 0.6 is 57.6 Å². The Bertz CT molecular complexity index is 1280. The van der Waals surface area contributed by atoms with Gasteiger partial charge in [-0.1, -0.05) is 88.0 Å². The Kier molecular flexibility index (Phi) is 5.40. The van der Waals surface area contributed by atoms with Gasteiger partial charge in [0.05, 0.1) is 10.0 Å². The molecule has 1 spiro atoms. The van der Waals surface area contributed by atoms with Crippen molar-refractivity contribution in [2.75, 3.05) is 18.0 Å². The summed E-state index contributed by atoms with van der Waals surface area (Å²) >= 11 is 17.3. The van der Waals surface area contributed by atoms with Crippen LogP contribution in [0.1, 0.15) is 30.0 Å². The maximum absolute atomic E-state index is 6.72. The molecule has 0 unspecified atom stereocenters. The Balaban J connectivity index is 1.17. The number of hydrogen-bond acceptors (Lipinski definition) is 7. The fraction of sp³-hybridized carbons (Fsp3) is 0.304. The molecule has 2 aromatic heterocycles. The number of rotatable bonds is 3. The quantitative estimate of drug-likeness (QED) is 0.314. The first kappa shape index (κ1) is 21.2. The van der Waals surface area contributed by atoms with Crippen LogP contribution in [-0.4, -0.2) is 23.1 Å². The first-order chi connectivity index (χ1) is 15.5. The zero-order chi connectivity index (χ0) is 21.9. The van der Waals surface area contributed by atoms with Crippen LogP contribution in [0.15, 0.2) is 51.7 Å². The van der Waals surface area contributed by atoms with Crippen LogP contribution in [0.4, 0.5) is 5.13 Å². The van der Waals surface area contributed by atoms with E-state index in [1.807, 2.05) is 12.1 Å². The van der Waals surface area contributed by atoms with Crippen molar-refractivity contribution in [1.82, 2.24) is 9.97 Å². The maximum Gasteiger partial charge on any atom is 0.188 e. The Hall–Kier alpha value is -1.35. The van der Waals surface area contributed by atoms with Gasteiger partial charge in [-0.05, 0) is 47.9 Å². The van der Waals surface area contributed by atoms with Crippen molar-refractivity contribution < 1.29 is 0 Å². The number of benzene rings is 2. The van der Waals surface area contributed by atoms with Crippen molar-refractivity contribution in [3.05, 3.63) is 63.6 Å². The SMILES string of the molecule is N[C@@H]1c2ccccc2CC12CCN(c1nc3sc(Sc4cccc(Cl)c4Cl)nc3s1)CC2. The van der Waals surface area contributed by atoms with Crippen LogP contribution in [0.2, 0.25) is 10.0 Å². The molecule has 32 heavy (non-hydrogen) atoms. The largest absolute Gasteiger partial charge is 0.348 e. The lowest BCUT2D eigenvalue weighted by Gasteiger charge is -2.42. The summed E-state index contributed by atoms with van der Waals surface area (Å²) in [6.07, 6.45) is 3.29. The summed E-state index contributed by atoms with van der Waals surface area (Å²) in [5.74, 6) is 0. The van der Waals surface area contributed by atoms with Gasteiger partial charge in [0.1, 0.15) is 0 Å². The van der Waals surface area contributed by atoms with Crippen molar-refractivity contribution in [2.45, 2.75) is 34.5 Å². The number of fused-ring (bicyclic) bond motifs is 2. The molecule has 2 N–H and O–H groups in total. The highest BCUT2D eigenvalue weighted by atomic mass is 35.5. The van der Waals surface area contributed by atoms with Gasteiger partial charge in [-0.3, -0.25) is 0 Å². The molecule has 3 heterocycles. The lowest BCUT2D eigenvalue weighted by atomic mass is 9.73. The van der Waals surface area contributed by atoms with Crippen LogP contribution in [-0.2, 0) is 6.42 Å². The molecule has 0 radical (unpaired) electrons. The molecule has 1 aliphatic heterocycles. The predicted octanol–water partition coefficient (Wildman–Crippen LogP) is 7.05. The standard InChI is InChI=1S/C23H20Cl2N4S3/c24-15-6-3-7-16(17(15)25)30-22-28-20-19(32-22)27-21(31-20)29-10-8-23(9-11-29)12-13-4-1-2-5-14(13)18(23)26/h1-7,18H,8-12,26H2/t18-/m1/s1. The zero-order valence-electron chi connectivity index (χ0n) is 17.1. The highest BCUT2D eigenvalue weighted by Crippen LogP contribution is 2.51.